The maximum atomic E-state index is 13.4. The van der Waals surface area contributed by atoms with Gasteiger partial charge in [-0.25, -0.2) is 15.4 Å². The third kappa shape index (κ3) is 3.62. The lowest BCUT2D eigenvalue weighted by atomic mass is 10.0. The zero-order valence-electron chi connectivity index (χ0n) is 19.7. The SMILES string of the molecule is COc1ccc(C2=NCNN2)c2[nH]cc(C(=O)C(=O)N3CCN(c4nccc5ccccc45)CC3)c12. The van der Waals surface area contributed by atoms with Crippen molar-refractivity contribution in [2.45, 2.75) is 0 Å². The maximum absolute atomic E-state index is 13.4. The summed E-state index contributed by atoms with van der Waals surface area (Å²) in [6, 6.07) is 13.8. The molecular weight excluding hydrogens is 458 g/mol. The number of nitrogens with one attached hydrogen (secondary N) is 3. The summed E-state index contributed by atoms with van der Waals surface area (Å²) in [7, 11) is 1.55. The second kappa shape index (κ2) is 8.97. The Morgan fingerprint density at radius 3 is 2.64 bits per heavy atom. The van der Waals surface area contributed by atoms with E-state index in [0.29, 0.717) is 60.9 Å². The molecule has 0 aliphatic carbocycles. The number of methoxy groups -OCH3 is 1. The number of amides is 1. The largest absolute Gasteiger partial charge is 0.496 e. The molecule has 3 N–H and O–H groups in total. The molecule has 0 atom stereocenters. The molecule has 6 rings (SSSR count). The van der Waals surface area contributed by atoms with Crippen LogP contribution in [0.25, 0.3) is 21.7 Å². The Kier molecular flexibility index (Phi) is 5.49. The fourth-order valence-electron chi connectivity index (χ4n) is 4.93. The minimum Gasteiger partial charge on any atom is -0.496 e. The smallest absolute Gasteiger partial charge is 0.295 e. The average Bonchev–Trinajstić information content (AvgIpc) is 3.63. The quantitative estimate of drug-likeness (QED) is 0.294. The summed E-state index contributed by atoms with van der Waals surface area (Å²) >= 11 is 0. The van der Waals surface area contributed by atoms with Crippen molar-refractivity contribution in [3.8, 4) is 5.75 Å². The Morgan fingerprint density at radius 1 is 1.03 bits per heavy atom. The van der Waals surface area contributed by atoms with Crippen LogP contribution in [0.3, 0.4) is 0 Å². The van der Waals surface area contributed by atoms with Crippen LogP contribution in [-0.2, 0) is 4.79 Å². The second-order valence-corrected chi connectivity index (χ2v) is 8.70. The van der Waals surface area contributed by atoms with Gasteiger partial charge in [0.05, 0.1) is 23.6 Å². The molecule has 10 heteroatoms. The van der Waals surface area contributed by atoms with Crippen molar-refractivity contribution in [3.63, 3.8) is 0 Å². The predicted molar refractivity (Wildman–Crippen MR) is 137 cm³/mol. The van der Waals surface area contributed by atoms with Gasteiger partial charge in [-0.1, -0.05) is 24.3 Å². The molecule has 1 fully saturated rings. The Morgan fingerprint density at radius 2 is 1.86 bits per heavy atom. The first kappa shape index (κ1) is 22.1. The van der Waals surface area contributed by atoms with Crippen molar-refractivity contribution >= 4 is 45.0 Å². The number of pyridine rings is 1. The van der Waals surface area contributed by atoms with E-state index in [4.69, 9.17) is 4.74 Å². The second-order valence-electron chi connectivity index (χ2n) is 8.70. The minimum atomic E-state index is -0.562. The summed E-state index contributed by atoms with van der Waals surface area (Å²) in [5.41, 5.74) is 7.73. The highest BCUT2D eigenvalue weighted by Gasteiger charge is 2.30. The topological polar surface area (TPSA) is 115 Å². The Hall–Kier alpha value is -4.44. The van der Waals surface area contributed by atoms with Crippen LogP contribution in [0.4, 0.5) is 5.82 Å². The number of carbonyl (C=O) groups is 2. The molecular formula is C26H25N7O3. The first-order chi connectivity index (χ1) is 17.7. The van der Waals surface area contributed by atoms with E-state index in [1.54, 1.807) is 30.5 Å². The van der Waals surface area contributed by atoms with Gasteiger partial charge in [-0.05, 0) is 23.6 Å². The van der Waals surface area contributed by atoms with E-state index >= 15 is 0 Å². The van der Waals surface area contributed by atoms with Gasteiger partial charge in [-0.15, -0.1) is 0 Å². The molecule has 4 aromatic rings. The molecule has 0 spiro atoms. The first-order valence-corrected chi connectivity index (χ1v) is 11.8. The number of hydrazine groups is 1. The molecule has 4 heterocycles. The number of piperazine rings is 1. The molecule has 36 heavy (non-hydrogen) atoms. The number of anilines is 1. The number of aromatic nitrogens is 2. The number of ketones is 1. The van der Waals surface area contributed by atoms with E-state index in [9.17, 15) is 9.59 Å². The number of Topliss-reactive ketones (excluding diaryl/α,β-unsaturated/α-hetero) is 1. The number of nitrogens with zero attached hydrogens (tertiary/aromatic N) is 4. The van der Waals surface area contributed by atoms with Crippen molar-refractivity contribution in [1.29, 1.82) is 0 Å². The summed E-state index contributed by atoms with van der Waals surface area (Å²) < 4.78 is 5.53. The van der Waals surface area contributed by atoms with Crippen molar-refractivity contribution < 1.29 is 14.3 Å². The van der Waals surface area contributed by atoms with Crippen LogP contribution in [0, 0.1) is 0 Å². The molecule has 0 bridgehead atoms. The van der Waals surface area contributed by atoms with Crippen molar-refractivity contribution in [1.82, 2.24) is 25.7 Å². The van der Waals surface area contributed by atoms with E-state index < -0.39 is 11.7 Å². The lowest BCUT2D eigenvalue weighted by Crippen LogP contribution is -2.50. The Bertz CT molecular complexity index is 1510. The van der Waals surface area contributed by atoms with Gasteiger partial charge in [0, 0.05) is 49.5 Å². The molecule has 2 aromatic carbocycles. The number of H-pyrrole nitrogens is 1. The summed E-state index contributed by atoms with van der Waals surface area (Å²) in [5, 5.41) is 2.77. The van der Waals surface area contributed by atoms with Gasteiger partial charge in [0.2, 0.25) is 0 Å². The average molecular weight is 484 g/mol. The number of benzene rings is 2. The number of fused-ring (bicyclic) bond motifs is 2. The first-order valence-electron chi connectivity index (χ1n) is 11.8. The third-order valence-corrected chi connectivity index (χ3v) is 6.75. The van der Waals surface area contributed by atoms with E-state index in [-0.39, 0.29) is 0 Å². The zero-order valence-corrected chi connectivity index (χ0v) is 19.7. The number of amidine groups is 1. The van der Waals surface area contributed by atoms with Crippen molar-refractivity contribution in [2.75, 3.05) is 44.9 Å². The van der Waals surface area contributed by atoms with Gasteiger partial charge in [0.1, 0.15) is 24.1 Å². The van der Waals surface area contributed by atoms with E-state index in [2.05, 4.69) is 42.8 Å². The van der Waals surface area contributed by atoms with Crippen LogP contribution < -0.4 is 20.5 Å². The lowest BCUT2D eigenvalue weighted by molar-refractivity contribution is -0.126. The third-order valence-electron chi connectivity index (χ3n) is 6.75. The highest BCUT2D eigenvalue weighted by molar-refractivity contribution is 6.45. The number of rotatable bonds is 5. The lowest BCUT2D eigenvalue weighted by Gasteiger charge is -2.35. The van der Waals surface area contributed by atoms with Gasteiger partial charge in [-0.3, -0.25) is 9.59 Å². The molecule has 0 unspecified atom stereocenters. The van der Waals surface area contributed by atoms with E-state index in [1.807, 2.05) is 24.3 Å². The van der Waals surface area contributed by atoms with E-state index in [0.717, 1.165) is 22.2 Å². The number of hydrogen-bond donors (Lipinski definition) is 3. The predicted octanol–water partition coefficient (Wildman–Crippen LogP) is 2.07. The van der Waals surface area contributed by atoms with Gasteiger partial charge < -0.3 is 24.9 Å². The summed E-state index contributed by atoms with van der Waals surface area (Å²) in [5.74, 6) is 0.996. The molecule has 2 aromatic heterocycles. The Labute approximate surface area is 206 Å². The van der Waals surface area contributed by atoms with Crippen LogP contribution in [0.2, 0.25) is 0 Å². The number of aromatic amines is 1. The van der Waals surface area contributed by atoms with Crippen molar-refractivity contribution in [3.05, 3.63) is 66.0 Å². The van der Waals surface area contributed by atoms with Gasteiger partial charge >= 0.3 is 0 Å². The highest BCUT2D eigenvalue weighted by Crippen LogP contribution is 2.32. The van der Waals surface area contributed by atoms with Crippen molar-refractivity contribution in [2.24, 2.45) is 4.99 Å². The summed E-state index contributed by atoms with van der Waals surface area (Å²) in [6.45, 7) is 2.52. The molecule has 0 saturated carbocycles. The van der Waals surface area contributed by atoms with Crippen LogP contribution in [-0.4, -0.2) is 72.4 Å². The zero-order chi connectivity index (χ0) is 24.6. The monoisotopic (exact) mass is 483 g/mol. The number of aliphatic imine (C=N–C) groups is 1. The molecule has 0 radical (unpaired) electrons. The Balaban J connectivity index is 1.24. The molecule has 2 aliphatic rings. The summed E-state index contributed by atoms with van der Waals surface area (Å²) in [6.07, 6.45) is 3.39. The number of carbonyl (C=O) groups excluding carboxylic acids is 2. The standard InChI is InChI=1S/C26H25N7O3/c1-36-20-7-6-18(24-29-15-30-31-24)22-21(20)19(14-28-22)23(34)26(35)33-12-10-32(11-13-33)25-17-5-3-2-4-16(17)8-9-27-25/h2-9,14,28,30H,10-13,15H2,1H3,(H,29,31). The van der Waals surface area contributed by atoms with Gasteiger partial charge in [0.25, 0.3) is 11.7 Å². The molecule has 10 nitrogen and oxygen atoms in total. The maximum Gasteiger partial charge on any atom is 0.295 e. The highest BCUT2D eigenvalue weighted by atomic mass is 16.5. The molecule has 2 aliphatic heterocycles. The van der Waals surface area contributed by atoms with E-state index in [1.165, 1.54) is 0 Å². The van der Waals surface area contributed by atoms with Crippen LogP contribution in [0.5, 0.6) is 5.75 Å². The molecule has 1 amide bonds. The van der Waals surface area contributed by atoms with Crippen LogP contribution in [0.1, 0.15) is 15.9 Å². The van der Waals surface area contributed by atoms with Crippen LogP contribution in [0.15, 0.2) is 59.9 Å². The molecule has 182 valence electrons. The summed E-state index contributed by atoms with van der Waals surface area (Å²) in [4.78, 5) is 42.6. The number of ether oxygens (including phenoxy) is 1. The van der Waals surface area contributed by atoms with Gasteiger partial charge in [-0.2, -0.15) is 0 Å². The minimum absolute atomic E-state index is 0.290. The van der Waals surface area contributed by atoms with Gasteiger partial charge in [0.15, 0.2) is 0 Å². The fraction of sp³-hybridized carbons (Fsp3) is 0.231. The fourth-order valence-corrected chi connectivity index (χ4v) is 4.93. The normalized spacial score (nSPS) is 15.8. The van der Waals surface area contributed by atoms with Crippen LogP contribution >= 0.6 is 0 Å². The number of hydrogen-bond acceptors (Lipinski definition) is 8. The molecule has 1 saturated heterocycles.